The van der Waals surface area contributed by atoms with Crippen LogP contribution in [-0.4, -0.2) is 35.1 Å². The minimum atomic E-state index is -3.66. The summed E-state index contributed by atoms with van der Waals surface area (Å²) in [5.74, 6) is 0. The number of rotatable bonds is 3. The van der Waals surface area contributed by atoms with Gasteiger partial charge in [-0.15, -0.1) is 5.10 Å². The molecule has 0 spiro atoms. The van der Waals surface area contributed by atoms with Gasteiger partial charge in [0.05, 0.1) is 0 Å². The first-order chi connectivity index (χ1) is 8.01. The number of aryl methyl sites for hydroxylation is 1. The van der Waals surface area contributed by atoms with Crippen LogP contribution in [0.15, 0.2) is 9.33 Å². The fourth-order valence-electron chi connectivity index (χ4n) is 1.15. The van der Waals surface area contributed by atoms with Crippen LogP contribution in [0.25, 0.3) is 0 Å². The molecular formula is C9H18N4O3S2. The standard InChI is InChI=1S/C9H18N4O3S2/c1-6(14)10-7-13(5)11-8(17-7)18(15,16)12-9(2,3)4/h6,12,14H,1-5H3. The summed E-state index contributed by atoms with van der Waals surface area (Å²) in [6.07, 6.45) is -0.900. The topological polar surface area (TPSA) is 96.6 Å². The van der Waals surface area contributed by atoms with Crippen LogP contribution in [-0.2, 0) is 17.1 Å². The van der Waals surface area contributed by atoms with Crippen molar-refractivity contribution in [3.8, 4) is 0 Å². The minimum absolute atomic E-state index is 0.0701. The first-order valence-corrected chi connectivity index (χ1v) is 7.61. The van der Waals surface area contributed by atoms with Crippen LogP contribution in [0.2, 0.25) is 0 Å². The van der Waals surface area contributed by atoms with E-state index in [2.05, 4.69) is 14.8 Å². The summed E-state index contributed by atoms with van der Waals surface area (Å²) < 4.78 is 27.8. The van der Waals surface area contributed by atoms with Gasteiger partial charge >= 0.3 is 0 Å². The van der Waals surface area contributed by atoms with Crippen LogP contribution in [0.1, 0.15) is 27.7 Å². The lowest BCUT2D eigenvalue weighted by molar-refractivity contribution is 0.200. The highest BCUT2D eigenvalue weighted by Gasteiger charge is 2.25. The van der Waals surface area contributed by atoms with Crippen LogP contribution < -0.4 is 9.52 Å². The van der Waals surface area contributed by atoms with E-state index < -0.39 is 21.8 Å². The van der Waals surface area contributed by atoms with E-state index in [0.717, 1.165) is 11.3 Å². The van der Waals surface area contributed by atoms with Crippen LogP contribution in [0.4, 0.5) is 0 Å². The second-order valence-corrected chi connectivity index (χ2v) is 7.70. The predicted molar refractivity (Wildman–Crippen MR) is 68.4 cm³/mol. The Kier molecular flexibility index (Phi) is 4.31. The van der Waals surface area contributed by atoms with Gasteiger partial charge in [-0.2, -0.15) is 0 Å². The molecule has 0 aromatic carbocycles. The number of aliphatic hydroxyl groups excluding tert-OH is 1. The van der Waals surface area contributed by atoms with Crippen molar-refractivity contribution >= 4 is 21.4 Å². The second kappa shape index (κ2) is 5.08. The molecule has 0 radical (unpaired) electrons. The molecule has 0 aliphatic carbocycles. The smallest absolute Gasteiger partial charge is 0.270 e. The van der Waals surface area contributed by atoms with Gasteiger partial charge in [0.2, 0.25) is 9.14 Å². The molecule has 0 fully saturated rings. The molecule has 1 heterocycles. The molecule has 0 aliphatic rings. The van der Waals surface area contributed by atoms with E-state index in [4.69, 9.17) is 5.11 Å². The van der Waals surface area contributed by atoms with E-state index in [-0.39, 0.29) is 4.34 Å². The highest BCUT2D eigenvalue weighted by molar-refractivity contribution is 7.91. The molecule has 104 valence electrons. The number of sulfonamides is 1. The van der Waals surface area contributed by atoms with E-state index in [1.807, 2.05) is 0 Å². The lowest BCUT2D eigenvalue weighted by atomic mass is 10.1. The molecule has 18 heavy (non-hydrogen) atoms. The SMILES string of the molecule is CC(O)N=c1sc(S(=O)(=O)NC(C)(C)C)nn1C. The highest BCUT2D eigenvalue weighted by atomic mass is 32.2. The molecule has 0 saturated heterocycles. The Bertz CT molecular complexity index is 578. The van der Waals surface area contributed by atoms with Gasteiger partial charge < -0.3 is 5.11 Å². The molecule has 0 aliphatic heterocycles. The third kappa shape index (κ3) is 4.16. The molecule has 0 amide bonds. The van der Waals surface area contributed by atoms with E-state index in [1.165, 1.54) is 11.6 Å². The van der Waals surface area contributed by atoms with Gasteiger partial charge in [-0.3, -0.25) is 0 Å². The molecule has 1 rings (SSSR count). The first-order valence-electron chi connectivity index (χ1n) is 5.31. The van der Waals surface area contributed by atoms with E-state index in [9.17, 15) is 8.42 Å². The van der Waals surface area contributed by atoms with Crippen molar-refractivity contribution in [3.05, 3.63) is 4.80 Å². The van der Waals surface area contributed by atoms with Crippen molar-refractivity contribution in [1.82, 2.24) is 14.5 Å². The normalized spacial score (nSPS) is 16.0. The molecular weight excluding hydrogens is 276 g/mol. The van der Waals surface area contributed by atoms with Gasteiger partial charge in [-0.1, -0.05) is 11.3 Å². The average molecular weight is 294 g/mol. The van der Waals surface area contributed by atoms with Crippen molar-refractivity contribution in [2.75, 3.05) is 0 Å². The fraction of sp³-hybridized carbons (Fsp3) is 0.778. The predicted octanol–water partition coefficient (Wildman–Crippen LogP) is -0.203. The molecule has 1 aromatic heterocycles. The van der Waals surface area contributed by atoms with Crippen LogP contribution in [0.5, 0.6) is 0 Å². The molecule has 1 aromatic rings. The Morgan fingerprint density at radius 3 is 2.50 bits per heavy atom. The Hall–Kier alpha value is -0.770. The fourth-order valence-corrected chi connectivity index (χ4v) is 3.76. The Balaban J connectivity index is 3.21. The monoisotopic (exact) mass is 294 g/mol. The van der Waals surface area contributed by atoms with Gasteiger partial charge in [0.25, 0.3) is 10.0 Å². The van der Waals surface area contributed by atoms with Crippen molar-refractivity contribution in [3.63, 3.8) is 0 Å². The zero-order valence-electron chi connectivity index (χ0n) is 11.0. The molecule has 0 bridgehead atoms. The first kappa shape index (κ1) is 15.3. The lowest BCUT2D eigenvalue weighted by Gasteiger charge is -2.18. The average Bonchev–Trinajstić information content (AvgIpc) is 2.43. The number of nitrogens with one attached hydrogen (secondary N) is 1. The van der Waals surface area contributed by atoms with Crippen LogP contribution in [0.3, 0.4) is 0 Å². The third-order valence-corrected chi connectivity index (χ3v) is 4.79. The number of aliphatic hydroxyl groups is 1. The van der Waals surface area contributed by atoms with Gasteiger partial charge in [0.1, 0.15) is 6.23 Å². The number of hydrogen-bond donors (Lipinski definition) is 2. The summed E-state index contributed by atoms with van der Waals surface area (Å²) >= 11 is 0.910. The van der Waals surface area contributed by atoms with Crippen molar-refractivity contribution in [2.45, 2.75) is 43.8 Å². The Morgan fingerprint density at radius 2 is 2.06 bits per heavy atom. The Labute approximate surface area is 110 Å². The zero-order chi connectivity index (χ0) is 14.1. The summed E-state index contributed by atoms with van der Waals surface area (Å²) in [4.78, 5) is 4.22. The van der Waals surface area contributed by atoms with Gasteiger partial charge in [0, 0.05) is 12.6 Å². The number of nitrogens with zero attached hydrogens (tertiary/aromatic N) is 3. The summed E-state index contributed by atoms with van der Waals surface area (Å²) in [5.41, 5.74) is -0.579. The lowest BCUT2D eigenvalue weighted by Crippen LogP contribution is -2.40. The number of aromatic nitrogens is 2. The van der Waals surface area contributed by atoms with Crippen LogP contribution >= 0.6 is 11.3 Å². The second-order valence-electron chi connectivity index (χ2n) is 4.89. The summed E-state index contributed by atoms with van der Waals surface area (Å²) in [6.45, 7) is 6.74. The van der Waals surface area contributed by atoms with Gasteiger partial charge in [-0.25, -0.2) is 22.8 Å². The van der Waals surface area contributed by atoms with Crippen molar-refractivity contribution < 1.29 is 13.5 Å². The highest BCUT2D eigenvalue weighted by Crippen LogP contribution is 2.12. The largest absolute Gasteiger partial charge is 0.372 e. The van der Waals surface area contributed by atoms with Gasteiger partial charge in [-0.05, 0) is 27.7 Å². The quantitative estimate of drug-likeness (QED) is 0.806. The third-order valence-electron chi connectivity index (χ3n) is 1.65. The van der Waals surface area contributed by atoms with Crippen molar-refractivity contribution in [2.24, 2.45) is 12.0 Å². The molecule has 0 saturated carbocycles. The van der Waals surface area contributed by atoms with E-state index in [0.29, 0.717) is 4.80 Å². The maximum absolute atomic E-state index is 12.0. The Morgan fingerprint density at radius 1 is 1.50 bits per heavy atom. The zero-order valence-corrected chi connectivity index (χ0v) is 12.6. The van der Waals surface area contributed by atoms with Crippen LogP contribution in [0, 0.1) is 0 Å². The number of hydrogen-bond acceptors (Lipinski definition) is 6. The molecule has 7 nitrogen and oxygen atoms in total. The maximum Gasteiger partial charge on any atom is 0.270 e. The molecule has 1 atom stereocenters. The van der Waals surface area contributed by atoms with Gasteiger partial charge in [0.15, 0.2) is 0 Å². The molecule has 9 heteroatoms. The summed E-state index contributed by atoms with van der Waals surface area (Å²) in [7, 11) is -2.08. The summed E-state index contributed by atoms with van der Waals surface area (Å²) in [5, 5.41) is 13.1. The van der Waals surface area contributed by atoms with Crippen molar-refractivity contribution in [1.29, 1.82) is 0 Å². The minimum Gasteiger partial charge on any atom is -0.372 e. The molecule has 1 unspecified atom stereocenters. The van der Waals surface area contributed by atoms with E-state index in [1.54, 1.807) is 27.8 Å². The molecule has 2 N–H and O–H groups in total. The summed E-state index contributed by atoms with van der Waals surface area (Å²) in [6, 6.07) is 0. The maximum atomic E-state index is 12.0. The van der Waals surface area contributed by atoms with E-state index >= 15 is 0 Å².